The number of aliphatic hydroxyl groups excluding tert-OH is 1. The van der Waals surface area contributed by atoms with E-state index in [0.29, 0.717) is 30.9 Å². The summed E-state index contributed by atoms with van der Waals surface area (Å²) >= 11 is 0. The van der Waals surface area contributed by atoms with Gasteiger partial charge in [0.05, 0.1) is 17.9 Å². The summed E-state index contributed by atoms with van der Waals surface area (Å²) in [6.07, 6.45) is 0.629. The normalized spacial score (nSPS) is 14.2. The van der Waals surface area contributed by atoms with Crippen LogP contribution in [-0.2, 0) is 20.7 Å². The van der Waals surface area contributed by atoms with E-state index < -0.39 is 12.0 Å². The van der Waals surface area contributed by atoms with E-state index in [1.807, 2.05) is 58.0 Å². The second-order valence-corrected chi connectivity index (χ2v) is 10.3. The lowest BCUT2D eigenvalue weighted by molar-refractivity contribution is -0.128. The molecular weight excluding hydrogens is 428 g/mol. The van der Waals surface area contributed by atoms with Crippen LogP contribution in [0.1, 0.15) is 66.9 Å². The maximum absolute atomic E-state index is 13.8. The minimum Gasteiger partial charge on any atom is -0.384 e. The Morgan fingerprint density at radius 2 is 1.79 bits per heavy atom. The van der Waals surface area contributed by atoms with Gasteiger partial charge in [0, 0.05) is 18.9 Å². The van der Waals surface area contributed by atoms with Gasteiger partial charge >= 0.3 is 0 Å². The monoisotopic (exact) mass is 470 g/mol. The van der Waals surface area contributed by atoms with E-state index in [1.54, 1.807) is 0 Å². The average molecular weight is 471 g/mol. The van der Waals surface area contributed by atoms with Gasteiger partial charge in [-0.15, -0.1) is 5.73 Å². The van der Waals surface area contributed by atoms with Crippen molar-refractivity contribution in [2.45, 2.75) is 79.4 Å². The number of nitrogens with one attached hydrogen (secondary N) is 1. The molecule has 0 saturated heterocycles. The minimum atomic E-state index is -1.14. The first kappa shape index (κ1) is 29.5. The molecule has 6 nitrogen and oxygen atoms in total. The highest BCUT2D eigenvalue weighted by Gasteiger charge is 2.36. The highest BCUT2D eigenvalue weighted by Crippen LogP contribution is 2.35. The van der Waals surface area contributed by atoms with E-state index in [4.69, 9.17) is 4.74 Å². The number of ether oxygens (including phenoxy) is 1. The van der Waals surface area contributed by atoms with Crippen molar-refractivity contribution < 1.29 is 19.4 Å². The van der Waals surface area contributed by atoms with Crippen LogP contribution in [0.25, 0.3) is 0 Å². The van der Waals surface area contributed by atoms with Gasteiger partial charge in [0.2, 0.25) is 5.91 Å². The summed E-state index contributed by atoms with van der Waals surface area (Å²) in [7, 11) is 0. The molecule has 0 aromatic heterocycles. The topological polar surface area (TPSA) is 88.0 Å². The van der Waals surface area contributed by atoms with Crippen molar-refractivity contribution in [3.63, 3.8) is 0 Å². The summed E-state index contributed by atoms with van der Waals surface area (Å²) in [4.78, 5) is 30.2. The zero-order valence-electron chi connectivity index (χ0n) is 21.9. The third-order valence-electron chi connectivity index (χ3n) is 5.73. The first-order valence-electron chi connectivity index (χ1n) is 11.9. The van der Waals surface area contributed by atoms with Crippen LogP contribution in [0.4, 0.5) is 0 Å². The fourth-order valence-electron chi connectivity index (χ4n) is 3.68. The highest BCUT2D eigenvalue weighted by molar-refractivity contribution is 6.41. The molecule has 6 heteroatoms. The molecule has 34 heavy (non-hydrogen) atoms. The number of benzene rings is 1. The molecule has 0 fully saturated rings. The van der Waals surface area contributed by atoms with Crippen LogP contribution in [0, 0.1) is 11.3 Å². The number of carbonyl (C=O) groups is 2. The van der Waals surface area contributed by atoms with Gasteiger partial charge < -0.3 is 15.2 Å². The molecule has 1 rings (SSSR count). The van der Waals surface area contributed by atoms with Crippen LogP contribution >= 0.6 is 0 Å². The van der Waals surface area contributed by atoms with Crippen LogP contribution in [0.2, 0.25) is 0 Å². The zero-order valence-corrected chi connectivity index (χ0v) is 21.9. The van der Waals surface area contributed by atoms with E-state index in [-0.39, 0.29) is 29.3 Å². The fourth-order valence-corrected chi connectivity index (χ4v) is 3.68. The number of hydrogen-bond acceptors (Lipinski definition) is 5. The SMILES string of the molecule is C=C=C(CNC(=O)C(C)O)N=C(Cc1ccccc1)C(=O)C(CC)C(C)(C)CCOC(C)(C)C. The van der Waals surface area contributed by atoms with Crippen molar-refractivity contribution in [2.24, 2.45) is 16.3 Å². The van der Waals surface area contributed by atoms with E-state index in [2.05, 4.69) is 36.5 Å². The number of amides is 1. The van der Waals surface area contributed by atoms with E-state index in [9.17, 15) is 14.7 Å². The number of rotatable bonds is 13. The fraction of sp³-hybridized carbons (Fsp3) is 0.571. The lowest BCUT2D eigenvalue weighted by Gasteiger charge is -2.34. The Hall–Kier alpha value is -2.53. The van der Waals surface area contributed by atoms with Gasteiger partial charge in [0.25, 0.3) is 0 Å². The molecule has 1 aromatic carbocycles. The van der Waals surface area contributed by atoms with Gasteiger partial charge in [0.1, 0.15) is 11.8 Å². The summed E-state index contributed by atoms with van der Waals surface area (Å²) < 4.78 is 5.93. The third-order valence-corrected chi connectivity index (χ3v) is 5.73. The zero-order chi connectivity index (χ0) is 25.9. The largest absolute Gasteiger partial charge is 0.384 e. The summed E-state index contributed by atoms with van der Waals surface area (Å²) in [5, 5.41) is 12.0. The number of nitrogens with zero attached hydrogens (tertiary/aromatic N) is 1. The van der Waals surface area contributed by atoms with Crippen molar-refractivity contribution in [2.75, 3.05) is 13.2 Å². The first-order valence-corrected chi connectivity index (χ1v) is 11.9. The Balaban J connectivity index is 3.22. The van der Waals surface area contributed by atoms with Gasteiger partial charge in [0.15, 0.2) is 5.78 Å². The van der Waals surface area contributed by atoms with Gasteiger partial charge in [-0.2, -0.15) is 0 Å². The van der Waals surface area contributed by atoms with Crippen LogP contribution < -0.4 is 5.32 Å². The maximum atomic E-state index is 13.8. The molecule has 2 N–H and O–H groups in total. The predicted molar refractivity (Wildman–Crippen MR) is 138 cm³/mol. The number of ketones is 1. The Kier molecular flexibility index (Phi) is 11.6. The van der Waals surface area contributed by atoms with Crippen LogP contribution in [-0.4, -0.2) is 47.4 Å². The van der Waals surface area contributed by atoms with Crippen molar-refractivity contribution in [1.82, 2.24) is 5.32 Å². The lowest BCUT2D eigenvalue weighted by atomic mass is 9.71. The Morgan fingerprint density at radius 3 is 2.29 bits per heavy atom. The van der Waals surface area contributed by atoms with Gasteiger partial charge in [-0.3, -0.25) is 9.59 Å². The van der Waals surface area contributed by atoms with Crippen LogP contribution in [0.15, 0.2) is 53.3 Å². The van der Waals surface area contributed by atoms with E-state index in [1.165, 1.54) is 6.92 Å². The second-order valence-electron chi connectivity index (χ2n) is 10.3. The number of aliphatic hydroxyl groups is 1. The quantitative estimate of drug-likeness (QED) is 0.324. The number of carbonyl (C=O) groups excluding carboxylic acids is 2. The summed E-state index contributed by atoms with van der Waals surface area (Å²) in [5.74, 6) is -0.802. The van der Waals surface area contributed by atoms with Crippen molar-refractivity contribution in [3.8, 4) is 0 Å². The van der Waals surface area contributed by atoms with Gasteiger partial charge in [-0.05, 0) is 51.5 Å². The summed E-state index contributed by atoms with van der Waals surface area (Å²) in [6, 6.07) is 9.69. The van der Waals surface area contributed by atoms with E-state index in [0.717, 1.165) is 12.0 Å². The number of Topliss-reactive ketones (excluding diaryl/α,β-unsaturated/α-hetero) is 1. The molecule has 2 unspecified atom stereocenters. The molecular formula is C28H42N2O4. The minimum absolute atomic E-state index is 0.0262. The Labute approximate surface area is 205 Å². The van der Waals surface area contributed by atoms with Crippen molar-refractivity contribution >= 4 is 17.4 Å². The van der Waals surface area contributed by atoms with Crippen LogP contribution in [0.3, 0.4) is 0 Å². The molecule has 1 aromatic rings. The molecule has 0 saturated carbocycles. The molecule has 0 radical (unpaired) electrons. The molecule has 188 valence electrons. The lowest BCUT2D eigenvalue weighted by Crippen LogP contribution is -2.38. The van der Waals surface area contributed by atoms with Gasteiger partial charge in [-0.1, -0.05) is 57.7 Å². The summed E-state index contributed by atoms with van der Waals surface area (Å²) in [5.41, 5.74) is 3.91. The smallest absolute Gasteiger partial charge is 0.248 e. The van der Waals surface area contributed by atoms with E-state index >= 15 is 0 Å². The standard InChI is InChI=1S/C28H42N2O4/c1-9-22(19-29-26(33)20(3)31)30-24(18-21-14-12-11-13-15-21)25(32)23(10-2)28(7,8)16-17-34-27(4,5)6/h11-15,20,23,31H,1,10,16-19H2,2-8H3,(H,29,33). The highest BCUT2D eigenvalue weighted by atomic mass is 16.5. The molecule has 0 aliphatic carbocycles. The Morgan fingerprint density at radius 1 is 1.18 bits per heavy atom. The molecule has 0 aliphatic heterocycles. The molecule has 0 bridgehead atoms. The first-order chi connectivity index (χ1) is 15.8. The van der Waals surface area contributed by atoms with Crippen molar-refractivity contribution in [1.29, 1.82) is 0 Å². The molecule has 0 spiro atoms. The number of hydrogen-bond donors (Lipinski definition) is 2. The summed E-state index contributed by atoms with van der Waals surface area (Å²) in [6.45, 7) is 17.9. The van der Waals surface area contributed by atoms with Crippen LogP contribution in [0.5, 0.6) is 0 Å². The average Bonchev–Trinajstić information content (AvgIpc) is 2.75. The van der Waals surface area contributed by atoms with Gasteiger partial charge in [-0.25, -0.2) is 4.99 Å². The molecule has 0 heterocycles. The Bertz CT molecular complexity index is 889. The third kappa shape index (κ3) is 10.2. The predicted octanol–water partition coefficient (Wildman–Crippen LogP) is 4.66. The molecule has 1 amide bonds. The molecule has 2 atom stereocenters. The second kappa shape index (κ2) is 13.4. The van der Waals surface area contributed by atoms with Crippen molar-refractivity contribution in [3.05, 3.63) is 53.9 Å². The maximum Gasteiger partial charge on any atom is 0.248 e. The molecule has 0 aliphatic rings. The number of aliphatic imine (C=N–C) groups is 1.